The molecule has 2 saturated heterocycles. The molecule has 1 aromatic rings. The predicted octanol–water partition coefficient (Wildman–Crippen LogP) is 3.14. The van der Waals surface area contributed by atoms with Gasteiger partial charge >= 0.3 is 6.09 Å². The maximum atomic E-state index is 13.1. The lowest BCUT2D eigenvalue weighted by Gasteiger charge is -2.22. The molecule has 3 rings (SSSR count). The van der Waals surface area contributed by atoms with Crippen molar-refractivity contribution in [3.8, 4) is 0 Å². The average molecular weight is 434 g/mol. The van der Waals surface area contributed by atoms with E-state index >= 15 is 0 Å². The first-order valence-corrected chi connectivity index (χ1v) is 11.5. The second kappa shape index (κ2) is 9.73. The lowest BCUT2D eigenvalue weighted by molar-refractivity contribution is -0.127. The highest BCUT2D eigenvalue weighted by molar-refractivity contribution is 8.00. The number of carbonyl (C=O) groups excluding carboxylic acids is 3. The van der Waals surface area contributed by atoms with Crippen molar-refractivity contribution in [2.75, 3.05) is 31.9 Å². The third-order valence-corrected chi connectivity index (χ3v) is 6.18. The van der Waals surface area contributed by atoms with Crippen LogP contribution in [0, 0.1) is 0 Å². The van der Waals surface area contributed by atoms with E-state index < -0.39 is 11.7 Å². The van der Waals surface area contributed by atoms with E-state index in [0.29, 0.717) is 30.8 Å². The van der Waals surface area contributed by atoms with Crippen LogP contribution in [0.15, 0.2) is 29.2 Å². The van der Waals surface area contributed by atoms with Crippen molar-refractivity contribution in [3.05, 3.63) is 29.8 Å². The number of alkyl carbamates (subject to hydrolysis) is 1. The first-order chi connectivity index (χ1) is 14.2. The zero-order chi connectivity index (χ0) is 21.7. The van der Waals surface area contributed by atoms with Crippen LogP contribution in [-0.4, -0.2) is 71.3 Å². The van der Waals surface area contributed by atoms with Gasteiger partial charge in [-0.25, -0.2) is 4.79 Å². The van der Waals surface area contributed by atoms with E-state index in [1.54, 1.807) is 11.0 Å². The van der Waals surface area contributed by atoms with Crippen LogP contribution in [0.2, 0.25) is 0 Å². The summed E-state index contributed by atoms with van der Waals surface area (Å²) in [6.45, 7) is 8.15. The van der Waals surface area contributed by atoms with Crippen molar-refractivity contribution in [2.45, 2.75) is 56.6 Å². The number of likely N-dealkylation sites (tertiary alicyclic amines) is 2. The quantitative estimate of drug-likeness (QED) is 0.722. The lowest BCUT2D eigenvalue weighted by Crippen LogP contribution is -2.41. The Balaban J connectivity index is 1.56. The van der Waals surface area contributed by atoms with Crippen molar-refractivity contribution in [3.63, 3.8) is 0 Å². The monoisotopic (exact) mass is 433 g/mol. The highest BCUT2D eigenvalue weighted by Gasteiger charge is 2.30. The largest absolute Gasteiger partial charge is 0.444 e. The van der Waals surface area contributed by atoms with E-state index in [-0.39, 0.29) is 17.9 Å². The van der Waals surface area contributed by atoms with Gasteiger partial charge in [0.25, 0.3) is 5.91 Å². The summed E-state index contributed by atoms with van der Waals surface area (Å²) in [5.74, 6) is 0.399. The normalized spacial score (nSPS) is 19.1. The first kappa shape index (κ1) is 22.5. The summed E-state index contributed by atoms with van der Waals surface area (Å²) in [4.78, 5) is 41.9. The van der Waals surface area contributed by atoms with E-state index in [1.165, 1.54) is 11.8 Å². The van der Waals surface area contributed by atoms with Crippen molar-refractivity contribution in [2.24, 2.45) is 0 Å². The van der Waals surface area contributed by atoms with Gasteiger partial charge in [-0.3, -0.25) is 9.59 Å². The fourth-order valence-corrected chi connectivity index (χ4v) is 4.62. The number of nitrogens with one attached hydrogen (secondary N) is 1. The molecule has 164 valence electrons. The van der Waals surface area contributed by atoms with Crippen molar-refractivity contribution >= 4 is 29.7 Å². The minimum atomic E-state index is -0.555. The molecule has 8 heteroatoms. The van der Waals surface area contributed by atoms with E-state index in [2.05, 4.69) is 5.32 Å². The van der Waals surface area contributed by atoms with Gasteiger partial charge in [0, 0.05) is 31.1 Å². The van der Waals surface area contributed by atoms with Gasteiger partial charge in [-0.15, -0.1) is 11.8 Å². The molecule has 1 atom stereocenters. The van der Waals surface area contributed by atoms with Crippen molar-refractivity contribution in [1.82, 2.24) is 15.1 Å². The van der Waals surface area contributed by atoms with Gasteiger partial charge in [-0.2, -0.15) is 0 Å². The topological polar surface area (TPSA) is 79.0 Å². The number of amides is 3. The fourth-order valence-electron chi connectivity index (χ4n) is 3.67. The van der Waals surface area contributed by atoms with Crippen LogP contribution in [-0.2, 0) is 9.53 Å². The summed E-state index contributed by atoms with van der Waals surface area (Å²) >= 11 is 1.42. The van der Waals surface area contributed by atoms with Crippen molar-refractivity contribution < 1.29 is 19.1 Å². The molecular weight excluding hydrogens is 402 g/mol. The molecule has 1 aromatic carbocycles. The molecule has 0 unspecified atom stereocenters. The van der Waals surface area contributed by atoms with Gasteiger partial charge in [0.2, 0.25) is 5.91 Å². The maximum absolute atomic E-state index is 13.1. The molecule has 2 aliphatic heterocycles. The lowest BCUT2D eigenvalue weighted by atomic mass is 10.2. The molecule has 3 amide bonds. The second-order valence-electron chi connectivity index (χ2n) is 8.76. The van der Waals surface area contributed by atoms with E-state index in [0.717, 1.165) is 30.8 Å². The third-order valence-electron chi connectivity index (χ3n) is 5.12. The van der Waals surface area contributed by atoms with Crippen LogP contribution in [0.3, 0.4) is 0 Å². The fraction of sp³-hybridized carbons (Fsp3) is 0.591. The molecule has 0 aromatic heterocycles. The van der Waals surface area contributed by atoms with E-state index in [1.807, 2.05) is 43.9 Å². The highest BCUT2D eigenvalue weighted by atomic mass is 32.2. The Morgan fingerprint density at radius 2 is 1.80 bits per heavy atom. The van der Waals surface area contributed by atoms with Crippen molar-refractivity contribution in [1.29, 1.82) is 0 Å². The molecule has 30 heavy (non-hydrogen) atoms. The zero-order valence-electron chi connectivity index (χ0n) is 18.0. The third kappa shape index (κ3) is 6.14. The highest BCUT2D eigenvalue weighted by Crippen LogP contribution is 2.26. The van der Waals surface area contributed by atoms with Gasteiger partial charge in [-0.1, -0.05) is 12.1 Å². The minimum absolute atomic E-state index is 0.0692. The summed E-state index contributed by atoms with van der Waals surface area (Å²) in [5.41, 5.74) is 0.0514. The SMILES string of the molecule is CC(C)(C)OC(=O)N[C@H]1CCN(C(=O)c2ccccc2SCC(=O)N2CCCC2)C1. The smallest absolute Gasteiger partial charge is 0.407 e. The van der Waals surface area contributed by atoms with Crippen LogP contribution in [0.1, 0.15) is 50.4 Å². The number of thioether (sulfide) groups is 1. The minimum Gasteiger partial charge on any atom is -0.444 e. The van der Waals surface area contributed by atoms with Gasteiger partial charge < -0.3 is 19.9 Å². The Bertz CT molecular complexity index is 787. The van der Waals surface area contributed by atoms with Gasteiger partial charge in [0.05, 0.1) is 17.4 Å². The Labute approximate surface area is 182 Å². The Hall–Kier alpha value is -2.22. The molecule has 0 spiro atoms. The maximum Gasteiger partial charge on any atom is 0.407 e. The van der Waals surface area contributed by atoms with Crippen LogP contribution in [0.25, 0.3) is 0 Å². The van der Waals surface area contributed by atoms with Gasteiger partial charge in [0.1, 0.15) is 5.60 Å². The number of ether oxygens (including phenoxy) is 1. The molecule has 2 aliphatic rings. The van der Waals surface area contributed by atoms with Gasteiger partial charge in [0.15, 0.2) is 0 Å². The summed E-state index contributed by atoms with van der Waals surface area (Å²) in [6, 6.07) is 7.30. The number of hydrogen-bond donors (Lipinski definition) is 1. The first-order valence-electron chi connectivity index (χ1n) is 10.5. The summed E-state index contributed by atoms with van der Waals surface area (Å²) in [7, 11) is 0. The molecule has 0 saturated carbocycles. The molecule has 7 nitrogen and oxygen atoms in total. The molecule has 0 radical (unpaired) electrons. The van der Waals surface area contributed by atoms with Crippen LogP contribution < -0.4 is 5.32 Å². The molecule has 2 fully saturated rings. The second-order valence-corrected chi connectivity index (χ2v) is 9.77. The molecule has 0 aliphatic carbocycles. The Morgan fingerprint density at radius 3 is 2.50 bits per heavy atom. The molecule has 0 bridgehead atoms. The van der Waals surface area contributed by atoms with Crippen LogP contribution in [0.5, 0.6) is 0 Å². The van der Waals surface area contributed by atoms with Gasteiger partial charge in [-0.05, 0) is 52.2 Å². The number of hydrogen-bond acceptors (Lipinski definition) is 5. The van der Waals surface area contributed by atoms with E-state index in [9.17, 15) is 14.4 Å². The molecular formula is C22H31N3O4S. The zero-order valence-corrected chi connectivity index (χ0v) is 18.8. The number of carbonyl (C=O) groups is 3. The summed E-state index contributed by atoms with van der Waals surface area (Å²) in [6.07, 6.45) is 2.36. The number of benzene rings is 1. The molecule has 1 N–H and O–H groups in total. The standard InChI is InChI=1S/C22H31N3O4S/c1-22(2,3)29-21(28)23-16-10-13-25(14-16)20(27)17-8-4-5-9-18(17)30-15-19(26)24-11-6-7-12-24/h4-5,8-9,16H,6-7,10-15H2,1-3H3,(H,23,28)/t16-/m0/s1. The number of nitrogens with zero attached hydrogens (tertiary/aromatic N) is 2. The summed E-state index contributed by atoms with van der Waals surface area (Å²) in [5, 5.41) is 2.85. The predicted molar refractivity (Wildman–Crippen MR) is 117 cm³/mol. The summed E-state index contributed by atoms with van der Waals surface area (Å²) < 4.78 is 5.30. The molecule has 2 heterocycles. The van der Waals surface area contributed by atoms with Crippen LogP contribution in [0.4, 0.5) is 4.79 Å². The Morgan fingerprint density at radius 1 is 1.10 bits per heavy atom. The average Bonchev–Trinajstić information content (AvgIpc) is 3.36. The Kier molecular flexibility index (Phi) is 7.28. The van der Waals surface area contributed by atoms with E-state index in [4.69, 9.17) is 4.74 Å². The number of rotatable bonds is 5. The van der Waals surface area contributed by atoms with Crippen LogP contribution >= 0.6 is 11.8 Å².